The van der Waals surface area contributed by atoms with Gasteiger partial charge in [0.05, 0.1) is 0 Å². The van der Waals surface area contributed by atoms with E-state index in [2.05, 4.69) is 0 Å². The Kier molecular flexibility index (Phi) is 2.69. The van der Waals surface area contributed by atoms with Crippen LogP contribution < -0.4 is 0 Å². The first-order valence-electron chi connectivity index (χ1n) is 4.96. The van der Waals surface area contributed by atoms with Gasteiger partial charge in [0.25, 0.3) is 0 Å². The average Bonchev–Trinajstić information content (AvgIpc) is 2.38. The van der Waals surface area contributed by atoms with Gasteiger partial charge in [-0.1, -0.05) is 24.3 Å². The molecule has 0 aromatic heterocycles. The maximum absolute atomic E-state index is 12.5. The van der Waals surface area contributed by atoms with Gasteiger partial charge in [0.2, 0.25) is 0 Å². The average molecular weight is 215 g/mol. The zero-order chi connectivity index (χ0) is 10.9. The Bertz CT molecular complexity index is 319. The molecule has 0 amide bonds. The van der Waals surface area contributed by atoms with E-state index in [0.29, 0.717) is 17.7 Å². The fraction of sp³-hybridized carbons (Fsp3) is 0.455. The number of hydrogen-bond donors (Lipinski definition) is 0. The molecule has 0 atom stereocenters. The highest BCUT2D eigenvalue weighted by molar-refractivity contribution is 5.28. The van der Waals surface area contributed by atoms with Crippen LogP contribution in [-0.4, -0.2) is 24.3 Å². The summed E-state index contributed by atoms with van der Waals surface area (Å²) in [4.78, 5) is 0.590. The van der Waals surface area contributed by atoms with Crippen molar-refractivity contribution in [3.05, 3.63) is 35.4 Å². The fourth-order valence-corrected chi connectivity index (χ4v) is 1.92. The summed E-state index contributed by atoms with van der Waals surface area (Å²) in [6, 6.07) is 7.58. The number of benzene rings is 1. The van der Waals surface area contributed by atoms with Crippen molar-refractivity contribution >= 4 is 0 Å². The first-order chi connectivity index (χ1) is 7.07. The van der Waals surface area contributed by atoms with Crippen LogP contribution >= 0.6 is 0 Å². The van der Waals surface area contributed by atoms with Crippen LogP contribution in [0.1, 0.15) is 11.1 Å². The molecule has 1 aromatic rings. The van der Waals surface area contributed by atoms with Crippen molar-refractivity contribution in [2.45, 2.75) is 19.1 Å². The van der Waals surface area contributed by atoms with Gasteiger partial charge >= 0.3 is 6.30 Å². The molecule has 1 heterocycles. The second-order valence-corrected chi connectivity index (χ2v) is 3.72. The van der Waals surface area contributed by atoms with Crippen molar-refractivity contribution in [1.82, 2.24) is 4.90 Å². The van der Waals surface area contributed by atoms with Crippen LogP contribution in [0.2, 0.25) is 0 Å². The Morgan fingerprint density at radius 2 is 1.40 bits per heavy atom. The van der Waals surface area contributed by atoms with Crippen molar-refractivity contribution in [2.75, 3.05) is 13.1 Å². The van der Waals surface area contributed by atoms with E-state index in [9.17, 15) is 13.2 Å². The van der Waals surface area contributed by atoms with Gasteiger partial charge in [-0.2, -0.15) is 13.2 Å². The van der Waals surface area contributed by atoms with E-state index in [1.165, 1.54) is 0 Å². The first-order valence-corrected chi connectivity index (χ1v) is 4.96. The molecular weight excluding hydrogens is 203 g/mol. The fourth-order valence-electron chi connectivity index (χ4n) is 1.92. The van der Waals surface area contributed by atoms with Gasteiger partial charge in [0.15, 0.2) is 0 Å². The summed E-state index contributed by atoms with van der Waals surface area (Å²) in [5.41, 5.74) is 2.09. The molecule has 1 nitrogen and oxygen atoms in total. The number of halogens is 3. The van der Waals surface area contributed by atoms with Crippen molar-refractivity contribution in [3.8, 4) is 0 Å². The second kappa shape index (κ2) is 3.85. The van der Waals surface area contributed by atoms with Crippen molar-refractivity contribution in [1.29, 1.82) is 0 Å². The smallest absolute Gasteiger partial charge is 0.214 e. The van der Waals surface area contributed by atoms with Crippen molar-refractivity contribution in [2.24, 2.45) is 0 Å². The zero-order valence-corrected chi connectivity index (χ0v) is 8.22. The Balaban J connectivity index is 2.15. The molecule has 0 spiro atoms. The summed E-state index contributed by atoms with van der Waals surface area (Å²) in [5.74, 6) is 0. The molecule has 0 bridgehead atoms. The lowest BCUT2D eigenvalue weighted by atomic mass is 10.0. The molecule has 0 N–H and O–H groups in total. The molecule has 1 aliphatic heterocycles. The Labute approximate surface area is 86.5 Å². The highest BCUT2D eigenvalue weighted by Crippen LogP contribution is 2.25. The van der Waals surface area contributed by atoms with E-state index in [0.717, 1.165) is 11.1 Å². The topological polar surface area (TPSA) is 3.24 Å². The van der Waals surface area contributed by atoms with Crippen LogP contribution in [0.15, 0.2) is 24.3 Å². The van der Waals surface area contributed by atoms with Crippen molar-refractivity contribution in [3.63, 3.8) is 0 Å². The minimum atomic E-state index is -4.19. The SMILES string of the molecule is FC(F)(F)N1CCc2ccccc2CC1. The summed E-state index contributed by atoms with van der Waals surface area (Å²) in [7, 11) is 0. The van der Waals surface area contributed by atoms with Crippen molar-refractivity contribution < 1.29 is 13.2 Å². The van der Waals surface area contributed by atoms with E-state index >= 15 is 0 Å². The maximum Gasteiger partial charge on any atom is 0.459 e. The molecule has 15 heavy (non-hydrogen) atoms. The Morgan fingerprint density at radius 3 is 1.80 bits per heavy atom. The monoisotopic (exact) mass is 215 g/mol. The van der Waals surface area contributed by atoms with Crippen LogP contribution in [0.5, 0.6) is 0 Å². The normalized spacial score (nSPS) is 18.3. The molecular formula is C11H12F3N. The third kappa shape index (κ3) is 2.31. The quantitative estimate of drug-likeness (QED) is 0.601. The lowest BCUT2D eigenvalue weighted by molar-refractivity contribution is -0.244. The predicted molar refractivity (Wildman–Crippen MR) is 51.5 cm³/mol. The number of hydrogen-bond acceptors (Lipinski definition) is 1. The largest absolute Gasteiger partial charge is 0.459 e. The minimum Gasteiger partial charge on any atom is -0.214 e. The third-order valence-corrected chi connectivity index (χ3v) is 2.78. The van der Waals surface area contributed by atoms with E-state index < -0.39 is 6.30 Å². The zero-order valence-electron chi connectivity index (χ0n) is 8.22. The Hall–Kier alpha value is -1.03. The molecule has 0 aliphatic carbocycles. The van der Waals surface area contributed by atoms with Gasteiger partial charge in [-0.15, -0.1) is 0 Å². The third-order valence-electron chi connectivity index (χ3n) is 2.78. The minimum absolute atomic E-state index is 0.0700. The number of fused-ring (bicyclic) bond motifs is 1. The standard InChI is InChI=1S/C11H12F3N/c12-11(13,14)15-7-5-9-3-1-2-4-10(9)6-8-15/h1-4H,5-8H2. The molecule has 0 saturated heterocycles. The van der Waals surface area contributed by atoms with Crippen LogP contribution in [0, 0.1) is 0 Å². The van der Waals surface area contributed by atoms with E-state index in [1.807, 2.05) is 24.3 Å². The molecule has 0 radical (unpaired) electrons. The lowest BCUT2D eigenvalue weighted by Crippen LogP contribution is -2.39. The Morgan fingerprint density at radius 1 is 0.933 bits per heavy atom. The summed E-state index contributed by atoms with van der Waals surface area (Å²) < 4.78 is 37.4. The van der Waals surface area contributed by atoms with Crippen LogP contribution in [0.4, 0.5) is 13.2 Å². The summed E-state index contributed by atoms with van der Waals surface area (Å²) >= 11 is 0. The summed E-state index contributed by atoms with van der Waals surface area (Å²) in [6.07, 6.45) is -3.23. The molecule has 1 aromatic carbocycles. The highest BCUT2D eigenvalue weighted by Gasteiger charge is 2.37. The van der Waals surface area contributed by atoms with Gasteiger partial charge in [0, 0.05) is 13.1 Å². The van der Waals surface area contributed by atoms with Gasteiger partial charge < -0.3 is 0 Å². The maximum atomic E-state index is 12.5. The second-order valence-electron chi connectivity index (χ2n) is 3.72. The van der Waals surface area contributed by atoms with Gasteiger partial charge in [-0.3, -0.25) is 0 Å². The van der Waals surface area contributed by atoms with E-state index in [-0.39, 0.29) is 13.1 Å². The van der Waals surface area contributed by atoms with Gasteiger partial charge in [0.1, 0.15) is 0 Å². The highest BCUT2D eigenvalue weighted by atomic mass is 19.4. The first kappa shape index (κ1) is 10.5. The molecule has 1 aliphatic rings. The van der Waals surface area contributed by atoms with Gasteiger partial charge in [-0.05, 0) is 24.0 Å². The summed E-state index contributed by atoms with van der Waals surface area (Å²) in [5, 5.41) is 0. The van der Waals surface area contributed by atoms with Gasteiger partial charge in [-0.25, -0.2) is 4.90 Å². The molecule has 2 rings (SSSR count). The number of alkyl halides is 3. The molecule has 0 fully saturated rings. The molecule has 82 valence electrons. The predicted octanol–water partition coefficient (Wildman–Crippen LogP) is 2.61. The van der Waals surface area contributed by atoms with E-state index in [1.54, 1.807) is 0 Å². The molecule has 4 heteroatoms. The number of rotatable bonds is 0. The lowest BCUT2D eigenvalue weighted by Gasteiger charge is -2.22. The molecule has 0 saturated carbocycles. The summed E-state index contributed by atoms with van der Waals surface area (Å²) in [6.45, 7) is 0.140. The van der Waals surface area contributed by atoms with E-state index in [4.69, 9.17) is 0 Å². The number of nitrogens with zero attached hydrogens (tertiary/aromatic N) is 1. The van der Waals surface area contributed by atoms with Crippen LogP contribution in [-0.2, 0) is 12.8 Å². The molecule has 0 unspecified atom stereocenters. The van der Waals surface area contributed by atoms with Crippen LogP contribution in [0.3, 0.4) is 0 Å². The van der Waals surface area contributed by atoms with Crippen LogP contribution in [0.25, 0.3) is 0 Å².